The van der Waals surface area contributed by atoms with Gasteiger partial charge in [0, 0.05) is 6.54 Å². The molecule has 0 spiro atoms. The Morgan fingerprint density at radius 3 is 2.59 bits per heavy atom. The Balaban J connectivity index is 1.54. The molecule has 7 heteroatoms. The Morgan fingerprint density at radius 1 is 1.07 bits per heavy atom. The number of carbonyl (C=O) groups excluding carboxylic acids is 1. The molecule has 0 saturated carbocycles. The van der Waals surface area contributed by atoms with Crippen molar-refractivity contribution in [3.63, 3.8) is 0 Å². The van der Waals surface area contributed by atoms with Gasteiger partial charge in [-0.25, -0.2) is 13.1 Å². The van der Waals surface area contributed by atoms with Crippen LogP contribution in [-0.4, -0.2) is 28.0 Å². The Bertz CT molecular complexity index is 925. The maximum absolute atomic E-state index is 12.1. The first-order valence-corrected chi connectivity index (χ1v) is 10.6. The summed E-state index contributed by atoms with van der Waals surface area (Å²) in [5.41, 5.74) is 4.08. The van der Waals surface area contributed by atoms with Gasteiger partial charge >= 0.3 is 0 Å². The lowest BCUT2D eigenvalue weighted by Gasteiger charge is -2.12. The maximum Gasteiger partial charge on any atom is 0.258 e. The summed E-state index contributed by atoms with van der Waals surface area (Å²) in [4.78, 5) is 12.1. The molecule has 0 bridgehead atoms. The first-order chi connectivity index (χ1) is 13.0. The lowest BCUT2D eigenvalue weighted by Crippen LogP contribution is -2.29. The summed E-state index contributed by atoms with van der Waals surface area (Å²) in [7, 11) is -1.99. The molecular formula is C20H24N2O4S. The number of fused-ring (bicyclic) bond motifs is 1. The fourth-order valence-electron chi connectivity index (χ4n) is 3.18. The van der Waals surface area contributed by atoms with Crippen molar-refractivity contribution in [2.45, 2.75) is 31.6 Å². The van der Waals surface area contributed by atoms with Crippen LogP contribution in [0.1, 0.15) is 28.7 Å². The molecule has 3 rings (SSSR count). The number of hydrogen-bond donors (Lipinski definition) is 2. The van der Waals surface area contributed by atoms with Gasteiger partial charge in [-0.1, -0.05) is 30.3 Å². The second kappa shape index (κ2) is 8.54. The monoisotopic (exact) mass is 388 g/mol. The Hall–Kier alpha value is -2.38. The summed E-state index contributed by atoms with van der Waals surface area (Å²) >= 11 is 0. The molecule has 0 unspecified atom stereocenters. The van der Waals surface area contributed by atoms with Gasteiger partial charge < -0.3 is 10.1 Å². The molecule has 2 N–H and O–H groups in total. The Labute approximate surface area is 160 Å². The molecule has 144 valence electrons. The third-order valence-corrected chi connectivity index (χ3v) is 6.00. The average molecular weight is 388 g/mol. The molecule has 0 radical (unpaired) electrons. The van der Waals surface area contributed by atoms with Crippen LogP contribution in [0, 0.1) is 0 Å². The third kappa shape index (κ3) is 5.30. The quantitative estimate of drug-likeness (QED) is 0.724. The number of benzene rings is 2. The van der Waals surface area contributed by atoms with Crippen molar-refractivity contribution in [3.05, 3.63) is 64.7 Å². The summed E-state index contributed by atoms with van der Waals surface area (Å²) in [5.74, 6) is 0.328. The van der Waals surface area contributed by atoms with E-state index in [1.165, 1.54) is 24.6 Å². The number of aryl methyl sites for hydroxylation is 2. The first-order valence-electron chi connectivity index (χ1n) is 8.96. The fourth-order valence-corrected chi connectivity index (χ4v) is 4.01. The summed E-state index contributed by atoms with van der Waals surface area (Å²) in [6.45, 7) is 0.178. The second-order valence-corrected chi connectivity index (χ2v) is 8.51. The highest BCUT2D eigenvalue weighted by molar-refractivity contribution is 7.88. The molecule has 0 fully saturated rings. The Morgan fingerprint density at radius 2 is 1.81 bits per heavy atom. The summed E-state index contributed by atoms with van der Waals surface area (Å²) < 4.78 is 31.5. The van der Waals surface area contributed by atoms with Crippen LogP contribution in [0.5, 0.6) is 5.75 Å². The van der Waals surface area contributed by atoms with Crippen molar-refractivity contribution in [2.24, 2.45) is 0 Å². The van der Waals surface area contributed by atoms with Gasteiger partial charge in [0.15, 0.2) is 6.61 Å². The van der Waals surface area contributed by atoms with E-state index < -0.39 is 10.0 Å². The van der Waals surface area contributed by atoms with E-state index in [-0.39, 0.29) is 24.8 Å². The molecule has 0 saturated heterocycles. The van der Waals surface area contributed by atoms with Gasteiger partial charge in [-0.15, -0.1) is 0 Å². The number of carbonyl (C=O) groups is 1. The number of sulfonamides is 1. The summed E-state index contributed by atoms with van der Waals surface area (Å²) in [5, 5.41) is 2.79. The van der Waals surface area contributed by atoms with E-state index in [0.717, 1.165) is 18.4 Å². The molecule has 1 aliphatic carbocycles. The van der Waals surface area contributed by atoms with E-state index in [0.29, 0.717) is 11.3 Å². The number of ether oxygens (including phenoxy) is 1. The minimum atomic E-state index is -3.37. The van der Waals surface area contributed by atoms with Crippen LogP contribution in [-0.2, 0) is 40.0 Å². The molecule has 0 aliphatic heterocycles. The van der Waals surface area contributed by atoms with Gasteiger partial charge in [-0.2, -0.15) is 0 Å². The van der Waals surface area contributed by atoms with Crippen LogP contribution in [0.2, 0.25) is 0 Å². The molecule has 1 amide bonds. The molecule has 0 atom stereocenters. The van der Waals surface area contributed by atoms with Gasteiger partial charge in [0.05, 0.1) is 5.75 Å². The first kappa shape index (κ1) is 19.4. The lowest BCUT2D eigenvalue weighted by atomic mass is 10.1. The predicted molar refractivity (Wildman–Crippen MR) is 104 cm³/mol. The standard InChI is InChI=1S/C20H24N2O4S/c1-21-27(24,25)14-18-6-3-2-5-17(18)12-22-20(23)13-26-19-10-9-15-7-4-8-16(15)11-19/h2-3,5-6,9-11,21H,4,7-8,12-14H2,1H3,(H,22,23). The van der Waals surface area contributed by atoms with E-state index in [2.05, 4.69) is 16.1 Å². The van der Waals surface area contributed by atoms with Crippen LogP contribution in [0.15, 0.2) is 42.5 Å². The van der Waals surface area contributed by atoms with Crippen molar-refractivity contribution in [3.8, 4) is 5.75 Å². The number of nitrogens with one attached hydrogen (secondary N) is 2. The van der Waals surface area contributed by atoms with E-state index >= 15 is 0 Å². The predicted octanol–water partition coefficient (Wildman–Crippen LogP) is 1.92. The van der Waals surface area contributed by atoms with Crippen molar-refractivity contribution in [1.82, 2.24) is 10.0 Å². The van der Waals surface area contributed by atoms with Gasteiger partial charge in [0.2, 0.25) is 10.0 Å². The van der Waals surface area contributed by atoms with E-state index in [1.54, 1.807) is 12.1 Å². The smallest absolute Gasteiger partial charge is 0.258 e. The van der Waals surface area contributed by atoms with E-state index in [4.69, 9.17) is 4.74 Å². The SMILES string of the molecule is CNS(=O)(=O)Cc1ccccc1CNC(=O)COc1ccc2c(c1)CCC2. The van der Waals surface area contributed by atoms with Crippen LogP contribution in [0.25, 0.3) is 0 Å². The second-order valence-electron chi connectivity index (χ2n) is 6.58. The largest absolute Gasteiger partial charge is 0.484 e. The van der Waals surface area contributed by atoms with Crippen LogP contribution < -0.4 is 14.8 Å². The van der Waals surface area contributed by atoms with Gasteiger partial charge in [-0.05, 0) is 60.7 Å². The fraction of sp³-hybridized carbons (Fsp3) is 0.350. The maximum atomic E-state index is 12.1. The zero-order valence-corrected chi connectivity index (χ0v) is 16.1. The topological polar surface area (TPSA) is 84.5 Å². The number of rotatable bonds is 8. The minimum absolute atomic E-state index is 0.0736. The van der Waals surface area contributed by atoms with E-state index in [9.17, 15) is 13.2 Å². The zero-order chi connectivity index (χ0) is 19.3. The zero-order valence-electron chi connectivity index (χ0n) is 15.3. The highest BCUT2D eigenvalue weighted by Gasteiger charge is 2.14. The normalized spacial score (nSPS) is 13.2. The van der Waals surface area contributed by atoms with Crippen LogP contribution >= 0.6 is 0 Å². The van der Waals surface area contributed by atoms with Crippen molar-refractivity contribution in [1.29, 1.82) is 0 Å². The highest BCUT2D eigenvalue weighted by Crippen LogP contribution is 2.25. The van der Waals surface area contributed by atoms with Crippen LogP contribution in [0.4, 0.5) is 0 Å². The van der Waals surface area contributed by atoms with Gasteiger partial charge in [-0.3, -0.25) is 4.79 Å². The molecule has 0 aromatic heterocycles. The highest BCUT2D eigenvalue weighted by atomic mass is 32.2. The minimum Gasteiger partial charge on any atom is -0.484 e. The molecule has 1 aliphatic rings. The third-order valence-electron chi connectivity index (χ3n) is 4.69. The van der Waals surface area contributed by atoms with Gasteiger partial charge in [0.25, 0.3) is 5.91 Å². The average Bonchev–Trinajstić information content (AvgIpc) is 3.13. The van der Waals surface area contributed by atoms with Crippen LogP contribution in [0.3, 0.4) is 0 Å². The lowest BCUT2D eigenvalue weighted by molar-refractivity contribution is -0.123. The van der Waals surface area contributed by atoms with Crippen molar-refractivity contribution in [2.75, 3.05) is 13.7 Å². The van der Waals surface area contributed by atoms with Crippen molar-refractivity contribution < 1.29 is 17.9 Å². The number of hydrogen-bond acceptors (Lipinski definition) is 4. The van der Waals surface area contributed by atoms with E-state index in [1.807, 2.05) is 24.3 Å². The molecule has 6 nitrogen and oxygen atoms in total. The summed E-state index contributed by atoms with van der Waals surface area (Å²) in [6, 6.07) is 13.1. The molecule has 0 heterocycles. The van der Waals surface area contributed by atoms with Gasteiger partial charge in [0.1, 0.15) is 5.75 Å². The summed E-state index contributed by atoms with van der Waals surface area (Å²) in [6.07, 6.45) is 3.34. The van der Waals surface area contributed by atoms with Crippen molar-refractivity contribution >= 4 is 15.9 Å². The molecular weight excluding hydrogens is 364 g/mol. The Kier molecular flexibility index (Phi) is 6.13. The molecule has 2 aromatic carbocycles. The molecule has 27 heavy (non-hydrogen) atoms. The molecule has 2 aromatic rings. The number of amides is 1.